The minimum atomic E-state index is -4.37. The third kappa shape index (κ3) is 6.67. The quantitative estimate of drug-likeness (QED) is 0.179. The second kappa shape index (κ2) is 11.8. The van der Waals surface area contributed by atoms with Crippen molar-refractivity contribution < 1.29 is 27.6 Å². The van der Waals surface area contributed by atoms with Gasteiger partial charge in [-0.2, -0.15) is 4.31 Å². The van der Waals surface area contributed by atoms with E-state index < -0.39 is 27.6 Å². The molecule has 4 rings (SSSR count). The zero-order valence-electron chi connectivity index (χ0n) is 19.8. The average Bonchev–Trinajstić information content (AvgIpc) is 2.92. The fourth-order valence-electron chi connectivity index (χ4n) is 3.37. The molecular formula is C27H21ClN2O7S. The van der Waals surface area contributed by atoms with Crippen LogP contribution in [0.1, 0.15) is 11.1 Å². The lowest BCUT2D eigenvalue weighted by Crippen LogP contribution is -2.38. The predicted molar refractivity (Wildman–Crippen MR) is 141 cm³/mol. The maximum atomic E-state index is 13.4. The molecule has 0 aromatic heterocycles. The molecule has 194 valence electrons. The molecule has 0 spiro atoms. The van der Waals surface area contributed by atoms with E-state index in [1.807, 2.05) is 30.3 Å². The van der Waals surface area contributed by atoms with Crippen LogP contribution in [0, 0.1) is 10.1 Å². The van der Waals surface area contributed by atoms with Crippen molar-refractivity contribution >= 4 is 33.4 Å². The molecule has 0 unspecified atom stereocenters. The van der Waals surface area contributed by atoms with Gasteiger partial charge in [0, 0.05) is 17.2 Å². The lowest BCUT2D eigenvalue weighted by Gasteiger charge is -2.22. The molecule has 0 saturated heterocycles. The molecule has 11 heteroatoms. The first kappa shape index (κ1) is 26.6. The van der Waals surface area contributed by atoms with Crippen LogP contribution in [-0.2, 0) is 23.2 Å². The number of non-ortho nitro benzene ring substituents is 1. The average molecular weight is 553 g/mol. The van der Waals surface area contributed by atoms with E-state index in [4.69, 9.17) is 21.1 Å². The van der Waals surface area contributed by atoms with Crippen LogP contribution in [0.3, 0.4) is 0 Å². The Labute approximate surface area is 224 Å². The SMILES string of the molecule is O=C(Oc1ccc(OCc2ccccc2)cc1)N(Cc1ccc([N+](=O)[O-])cc1)S(=O)(=O)c1ccc(Cl)cc1. The highest BCUT2D eigenvalue weighted by atomic mass is 35.5. The van der Waals surface area contributed by atoms with E-state index in [2.05, 4.69) is 0 Å². The van der Waals surface area contributed by atoms with Crippen molar-refractivity contribution in [1.82, 2.24) is 4.31 Å². The minimum Gasteiger partial charge on any atom is -0.489 e. The number of sulfonamides is 1. The van der Waals surface area contributed by atoms with Crippen LogP contribution in [0.4, 0.5) is 10.5 Å². The first-order chi connectivity index (χ1) is 18.2. The maximum absolute atomic E-state index is 13.4. The number of nitro benzene ring substituents is 1. The van der Waals surface area contributed by atoms with Crippen molar-refractivity contribution in [2.24, 2.45) is 0 Å². The van der Waals surface area contributed by atoms with Gasteiger partial charge in [0.1, 0.15) is 18.1 Å². The third-order valence-electron chi connectivity index (χ3n) is 5.36. The van der Waals surface area contributed by atoms with Gasteiger partial charge in [0.05, 0.1) is 16.4 Å². The summed E-state index contributed by atoms with van der Waals surface area (Å²) in [6, 6.07) is 26.2. The summed E-state index contributed by atoms with van der Waals surface area (Å²) in [4.78, 5) is 23.3. The van der Waals surface area contributed by atoms with Gasteiger partial charge in [-0.05, 0) is 59.7 Å². The first-order valence-electron chi connectivity index (χ1n) is 11.2. The predicted octanol–water partition coefficient (Wildman–Crippen LogP) is 6.22. The summed E-state index contributed by atoms with van der Waals surface area (Å²) in [5, 5.41) is 11.3. The molecule has 0 saturated carbocycles. The van der Waals surface area contributed by atoms with E-state index in [-0.39, 0.29) is 16.3 Å². The Balaban J connectivity index is 1.53. The molecule has 0 atom stereocenters. The Hall–Kier alpha value is -4.41. The van der Waals surface area contributed by atoms with Gasteiger partial charge in [-0.15, -0.1) is 0 Å². The summed E-state index contributed by atoms with van der Waals surface area (Å²) >= 11 is 5.89. The summed E-state index contributed by atoms with van der Waals surface area (Å²) in [5.41, 5.74) is 1.16. The highest BCUT2D eigenvalue weighted by Crippen LogP contribution is 2.25. The Morgan fingerprint density at radius 1 is 0.816 bits per heavy atom. The van der Waals surface area contributed by atoms with Crippen LogP contribution in [0.2, 0.25) is 5.02 Å². The fourth-order valence-corrected chi connectivity index (χ4v) is 4.78. The molecule has 0 bridgehead atoms. The minimum absolute atomic E-state index is 0.0991. The van der Waals surface area contributed by atoms with Gasteiger partial charge < -0.3 is 9.47 Å². The zero-order valence-corrected chi connectivity index (χ0v) is 21.3. The Morgan fingerprint density at radius 2 is 1.42 bits per heavy atom. The molecular weight excluding hydrogens is 532 g/mol. The normalized spacial score (nSPS) is 11.0. The Kier molecular flexibility index (Phi) is 8.25. The molecule has 0 aliphatic carbocycles. The Bertz CT molecular complexity index is 1510. The zero-order chi connectivity index (χ0) is 27.1. The van der Waals surface area contributed by atoms with Crippen LogP contribution in [0.15, 0.2) is 108 Å². The summed E-state index contributed by atoms with van der Waals surface area (Å²) in [6.07, 6.45) is -1.16. The molecule has 38 heavy (non-hydrogen) atoms. The highest BCUT2D eigenvalue weighted by molar-refractivity contribution is 7.89. The number of rotatable bonds is 9. The molecule has 0 aliphatic rings. The molecule has 1 amide bonds. The van der Waals surface area contributed by atoms with Crippen LogP contribution in [0.5, 0.6) is 11.5 Å². The molecule has 0 heterocycles. The van der Waals surface area contributed by atoms with E-state index >= 15 is 0 Å². The molecule has 4 aromatic rings. The van der Waals surface area contributed by atoms with Crippen LogP contribution in [-0.4, -0.2) is 23.7 Å². The standard InChI is InChI=1S/C27H21ClN2O7S/c28-22-8-16-26(17-9-22)38(34,35)29(18-20-6-10-23(11-7-20)30(32)33)27(31)37-25-14-12-24(13-15-25)36-19-21-4-2-1-3-5-21/h1-17H,18-19H2. The third-order valence-corrected chi connectivity index (χ3v) is 7.33. The van der Waals surface area contributed by atoms with Crippen molar-refractivity contribution in [3.05, 3.63) is 129 Å². The van der Waals surface area contributed by atoms with Gasteiger partial charge in [-0.25, -0.2) is 13.2 Å². The highest BCUT2D eigenvalue weighted by Gasteiger charge is 2.31. The molecule has 0 N–H and O–H groups in total. The van der Waals surface area contributed by atoms with Gasteiger partial charge >= 0.3 is 6.09 Å². The lowest BCUT2D eigenvalue weighted by molar-refractivity contribution is -0.384. The number of benzene rings is 4. The van der Waals surface area contributed by atoms with Gasteiger partial charge in [0.15, 0.2) is 0 Å². The summed E-state index contributed by atoms with van der Waals surface area (Å²) in [7, 11) is -4.37. The largest absolute Gasteiger partial charge is 0.489 e. The number of hydrogen-bond donors (Lipinski definition) is 0. The van der Waals surface area contributed by atoms with Gasteiger partial charge in [-0.1, -0.05) is 54.1 Å². The first-order valence-corrected chi connectivity index (χ1v) is 13.0. The number of amides is 1. The number of nitrogens with zero attached hydrogens (tertiary/aromatic N) is 2. The van der Waals surface area contributed by atoms with Gasteiger partial charge in [0.25, 0.3) is 15.7 Å². The van der Waals surface area contributed by atoms with Crippen LogP contribution in [0.25, 0.3) is 0 Å². The van der Waals surface area contributed by atoms with Gasteiger partial charge in [-0.3, -0.25) is 10.1 Å². The molecule has 0 fully saturated rings. The monoisotopic (exact) mass is 552 g/mol. The van der Waals surface area contributed by atoms with Crippen molar-refractivity contribution in [2.45, 2.75) is 18.0 Å². The second-order valence-corrected chi connectivity index (χ2v) is 10.3. The van der Waals surface area contributed by atoms with Crippen LogP contribution >= 0.6 is 11.6 Å². The van der Waals surface area contributed by atoms with E-state index in [0.29, 0.717) is 27.2 Å². The fraction of sp³-hybridized carbons (Fsp3) is 0.0741. The van der Waals surface area contributed by atoms with Crippen LogP contribution < -0.4 is 9.47 Å². The molecule has 9 nitrogen and oxygen atoms in total. The molecule has 0 aliphatic heterocycles. The smallest absolute Gasteiger partial charge is 0.429 e. The second-order valence-electron chi connectivity index (χ2n) is 8.00. The molecule has 4 aromatic carbocycles. The maximum Gasteiger partial charge on any atom is 0.429 e. The van der Waals surface area contributed by atoms with E-state index in [0.717, 1.165) is 5.56 Å². The van der Waals surface area contributed by atoms with Crippen molar-refractivity contribution in [3.8, 4) is 11.5 Å². The van der Waals surface area contributed by atoms with Crippen molar-refractivity contribution in [2.75, 3.05) is 0 Å². The summed E-state index contributed by atoms with van der Waals surface area (Å²) < 4.78 is 38.4. The van der Waals surface area contributed by atoms with E-state index in [1.165, 1.54) is 60.7 Å². The number of carbonyl (C=O) groups excluding carboxylic acids is 1. The van der Waals surface area contributed by atoms with Crippen molar-refractivity contribution in [1.29, 1.82) is 0 Å². The number of carbonyl (C=O) groups is 1. The van der Waals surface area contributed by atoms with E-state index in [1.54, 1.807) is 12.1 Å². The number of hydrogen-bond acceptors (Lipinski definition) is 7. The lowest BCUT2D eigenvalue weighted by atomic mass is 10.2. The number of nitro groups is 1. The summed E-state index contributed by atoms with van der Waals surface area (Å²) in [6.45, 7) is -0.0671. The number of halogens is 1. The number of ether oxygens (including phenoxy) is 2. The summed E-state index contributed by atoms with van der Waals surface area (Å²) in [5.74, 6) is 0.632. The van der Waals surface area contributed by atoms with Crippen molar-refractivity contribution in [3.63, 3.8) is 0 Å². The molecule has 0 radical (unpaired) electrons. The Morgan fingerprint density at radius 3 is 2.03 bits per heavy atom. The van der Waals surface area contributed by atoms with E-state index in [9.17, 15) is 23.3 Å². The topological polar surface area (TPSA) is 116 Å². The van der Waals surface area contributed by atoms with Gasteiger partial charge in [0.2, 0.25) is 0 Å².